The minimum Gasteiger partial charge on any atom is -0.436 e. The Kier molecular flexibility index (Phi) is 4.59. The molecule has 128 valence electrons. The molecule has 3 nitrogen and oxygen atoms in total. The summed E-state index contributed by atoms with van der Waals surface area (Å²) >= 11 is 2.30. The number of hydrogen-bond donors (Lipinski definition) is 0. The number of benzene rings is 3. The summed E-state index contributed by atoms with van der Waals surface area (Å²) in [4.78, 5) is 9.21. The molecule has 4 aromatic rings. The van der Waals surface area contributed by atoms with Gasteiger partial charge in [-0.1, -0.05) is 18.2 Å². The fourth-order valence-corrected chi connectivity index (χ4v) is 3.30. The summed E-state index contributed by atoms with van der Waals surface area (Å²) in [6.45, 7) is 4.20. The number of oxazole rings is 1. The third-order valence-electron chi connectivity index (χ3n) is 4.34. The Labute approximate surface area is 165 Å². The number of nitrogens with zero attached hydrogens (tertiary/aromatic N) is 2. The van der Waals surface area contributed by atoms with Crippen molar-refractivity contribution in [1.29, 1.82) is 0 Å². The first-order valence-corrected chi connectivity index (χ1v) is 9.44. The zero-order valence-corrected chi connectivity index (χ0v) is 16.7. The molecule has 0 saturated carbocycles. The van der Waals surface area contributed by atoms with Gasteiger partial charge in [-0.15, -0.1) is 0 Å². The molecule has 0 bridgehead atoms. The van der Waals surface area contributed by atoms with Gasteiger partial charge in [0.05, 0.1) is 5.69 Å². The molecule has 0 aliphatic heterocycles. The fourth-order valence-electron chi connectivity index (χ4n) is 2.73. The largest absolute Gasteiger partial charge is 0.436 e. The van der Waals surface area contributed by atoms with E-state index in [1.807, 2.05) is 42.6 Å². The van der Waals surface area contributed by atoms with Crippen LogP contribution in [-0.2, 0) is 0 Å². The number of hydrogen-bond acceptors (Lipinski definition) is 3. The lowest BCUT2D eigenvalue weighted by Crippen LogP contribution is -1.83. The molecule has 0 atom stereocenters. The maximum atomic E-state index is 5.92. The highest BCUT2D eigenvalue weighted by molar-refractivity contribution is 14.1. The number of halogens is 1. The second-order valence-corrected chi connectivity index (χ2v) is 7.53. The minimum absolute atomic E-state index is 0.641. The summed E-state index contributed by atoms with van der Waals surface area (Å²) in [6, 6.07) is 20.3. The number of aliphatic imine (C=N–C) groups is 1. The molecule has 0 aliphatic rings. The number of aryl methyl sites for hydroxylation is 2. The lowest BCUT2D eigenvalue weighted by atomic mass is 10.1. The summed E-state index contributed by atoms with van der Waals surface area (Å²) in [7, 11) is 0. The van der Waals surface area contributed by atoms with Gasteiger partial charge in [0, 0.05) is 15.3 Å². The van der Waals surface area contributed by atoms with Crippen LogP contribution in [-0.4, -0.2) is 11.2 Å². The first kappa shape index (κ1) is 17.0. The Morgan fingerprint density at radius 1 is 0.962 bits per heavy atom. The van der Waals surface area contributed by atoms with Crippen molar-refractivity contribution in [1.82, 2.24) is 4.98 Å². The number of fused-ring (bicyclic) bond motifs is 1. The van der Waals surface area contributed by atoms with Gasteiger partial charge in [-0.25, -0.2) is 4.98 Å². The standard InChI is InChI=1S/C22H17IN2O/c1-14-6-7-17(10-15(14)2)22-25-20-12-19(8-9-21(20)26-22)24-13-16-4-3-5-18(23)11-16/h3-13H,1-2H3. The van der Waals surface area contributed by atoms with Gasteiger partial charge in [0.1, 0.15) is 5.52 Å². The summed E-state index contributed by atoms with van der Waals surface area (Å²) in [5, 5.41) is 0. The average Bonchev–Trinajstić information content (AvgIpc) is 3.05. The molecule has 4 rings (SSSR count). The molecule has 4 heteroatoms. The van der Waals surface area contributed by atoms with Crippen molar-refractivity contribution in [2.45, 2.75) is 13.8 Å². The minimum atomic E-state index is 0.641. The SMILES string of the molecule is Cc1ccc(-c2nc3cc(N=Cc4cccc(I)c4)ccc3o2)cc1C. The van der Waals surface area contributed by atoms with E-state index in [1.54, 1.807) is 0 Å². The van der Waals surface area contributed by atoms with Gasteiger partial charge in [0.2, 0.25) is 5.89 Å². The molecule has 26 heavy (non-hydrogen) atoms. The summed E-state index contributed by atoms with van der Waals surface area (Å²) in [5.41, 5.74) is 7.00. The molecule has 0 aliphatic carbocycles. The topological polar surface area (TPSA) is 38.4 Å². The molecular formula is C22H17IN2O. The second-order valence-electron chi connectivity index (χ2n) is 6.28. The Bertz CT molecular complexity index is 1130. The van der Waals surface area contributed by atoms with E-state index in [1.165, 1.54) is 14.7 Å². The van der Waals surface area contributed by atoms with E-state index in [4.69, 9.17) is 4.42 Å². The van der Waals surface area contributed by atoms with E-state index < -0.39 is 0 Å². The van der Waals surface area contributed by atoms with Crippen LogP contribution in [0.3, 0.4) is 0 Å². The molecule has 0 radical (unpaired) electrons. The van der Waals surface area contributed by atoms with Crippen LogP contribution in [0.2, 0.25) is 0 Å². The maximum absolute atomic E-state index is 5.92. The van der Waals surface area contributed by atoms with Gasteiger partial charge in [0.15, 0.2) is 5.58 Å². The molecule has 0 saturated heterocycles. The van der Waals surface area contributed by atoms with Gasteiger partial charge in [-0.05, 0) is 95.6 Å². The lowest BCUT2D eigenvalue weighted by Gasteiger charge is -2.01. The van der Waals surface area contributed by atoms with Gasteiger partial charge in [0.25, 0.3) is 0 Å². The highest BCUT2D eigenvalue weighted by Crippen LogP contribution is 2.28. The predicted octanol–water partition coefficient (Wildman–Crippen LogP) is 6.47. The van der Waals surface area contributed by atoms with Crippen LogP contribution in [0, 0.1) is 17.4 Å². The first-order chi connectivity index (χ1) is 12.6. The zero-order chi connectivity index (χ0) is 18.1. The van der Waals surface area contributed by atoms with E-state index in [-0.39, 0.29) is 0 Å². The quantitative estimate of drug-likeness (QED) is 0.264. The molecule has 1 aromatic heterocycles. The Balaban J connectivity index is 1.66. The third-order valence-corrected chi connectivity index (χ3v) is 5.01. The molecule has 0 fully saturated rings. The Morgan fingerprint density at radius 2 is 1.85 bits per heavy atom. The molecular weight excluding hydrogens is 435 g/mol. The van der Waals surface area contributed by atoms with Crippen LogP contribution >= 0.6 is 22.6 Å². The van der Waals surface area contributed by atoms with Crippen LogP contribution in [0.4, 0.5) is 5.69 Å². The van der Waals surface area contributed by atoms with E-state index in [0.29, 0.717) is 5.89 Å². The maximum Gasteiger partial charge on any atom is 0.227 e. The van der Waals surface area contributed by atoms with E-state index in [2.05, 4.69) is 70.7 Å². The van der Waals surface area contributed by atoms with Crippen LogP contribution in [0.1, 0.15) is 16.7 Å². The molecule has 3 aromatic carbocycles. The van der Waals surface area contributed by atoms with Crippen molar-refractivity contribution in [3.8, 4) is 11.5 Å². The monoisotopic (exact) mass is 452 g/mol. The highest BCUT2D eigenvalue weighted by Gasteiger charge is 2.09. The highest BCUT2D eigenvalue weighted by atomic mass is 127. The lowest BCUT2D eigenvalue weighted by molar-refractivity contribution is 0.620. The van der Waals surface area contributed by atoms with Crippen molar-refractivity contribution in [3.63, 3.8) is 0 Å². The van der Waals surface area contributed by atoms with Crippen LogP contribution < -0.4 is 0 Å². The smallest absolute Gasteiger partial charge is 0.227 e. The van der Waals surface area contributed by atoms with Gasteiger partial charge in [-0.2, -0.15) is 0 Å². The first-order valence-electron chi connectivity index (χ1n) is 8.36. The van der Waals surface area contributed by atoms with Crippen molar-refractivity contribution >= 4 is 45.6 Å². The van der Waals surface area contributed by atoms with Crippen LogP contribution in [0.5, 0.6) is 0 Å². The Morgan fingerprint density at radius 3 is 2.65 bits per heavy atom. The molecule has 0 N–H and O–H groups in total. The zero-order valence-electron chi connectivity index (χ0n) is 14.5. The van der Waals surface area contributed by atoms with Crippen molar-refractivity contribution in [2.75, 3.05) is 0 Å². The molecule has 0 amide bonds. The average molecular weight is 452 g/mol. The van der Waals surface area contributed by atoms with Crippen LogP contribution in [0.15, 0.2) is 70.1 Å². The number of rotatable bonds is 3. The fraction of sp³-hybridized carbons (Fsp3) is 0.0909. The normalized spacial score (nSPS) is 11.5. The number of aromatic nitrogens is 1. The molecule has 1 heterocycles. The predicted molar refractivity (Wildman–Crippen MR) is 115 cm³/mol. The van der Waals surface area contributed by atoms with Gasteiger partial charge >= 0.3 is 0 Å². The molecule has 0 spiro atoms. The summed E-state index contributed by atoms with van der Waals surface area (Å²) in [5.74, 6) is 0.641. The Hall–Kier alpha value is -2.47. The third kappa shape index (κ3) is 3.55. The van der Waals surface area contributed by atoms with Gasteiger partial charge in [-0.3, -0.25) is 4.99 Å². The van der Waals surface area contributed by atoms with Gasteiger partial charge < -0.3 is 4.42 Å². The molecule has 0 unspecified atom stereocenters. The van der Waals surface area contributed by atoms with E-state index >= 15 is 0 Å². The van der Waals surface area contributed by atoms with E-state index in [9.17, 15) is 0 Å². The van der Waals surface area contributed by atoms with Crippen LogP contribution in [0.25, 0.3) is 22.6 Å². The van der Waals surface area contributed by atoms with Crippen molar-refractivity contribution < 1.29 is 4.42 Å². The summed E-state index contributed by atoms with van der Waals surface area (Å²) < 4.78 is 7.11. The van der Waals surface area contributed by atoms with Crippen molar-refractivity contribution in [3.05, 3.63) is 80.9 Å². The second kappa shape index (κ2) is 7.03. The van der Waals surface area contributed by atoms with E-state index in [0.717, 1.165) is 27.9 Å². The summed E-state index contributed by atoms with van der Waals surface area (Å²) in [6.07, 6.45) is 1.87. The van der Waals surface area contributed by atoms with Crippen molar-refractivity contribution in [2.24, 2.45) is 4.99 Å².